The molecule has 1 amide bonds. The molecule has 19 heteroatoms. The lowest BCUT2D eigenvalue weighted by Crippen LogP contribution is -2.61. The molecule has 79 heavy (non-hydrogen) atoms. The van der Waals surface area contributed by atoms with Crippen molar-refractivity contribution in [1.29, 1.82) is 0 Å². The van der Waals surface area contributed by atoms with Gasteiger partial charge in [-0.2, -0.15) is 0 Å². The van der Waals surface area contributed by atoms with Crippen LogP contribution in [-0.4, -0.2) is 181 Å². The van der Waals surface area contributed by atoms with Crippen molar-refractivity contribution >= 4 is 36.6 Å². The summed E-state index contributed by atoms with van der Waals surface area (Å²) in [6, 6.07) is -1.17. The molecule has 4 fully saturated rings. The second kappa shape index (κ2) is 32.0. The number of Topliss-reactive ketones (excluding diaryl/α,β-unsaturated/α-hetero) is 3. The molecule has 0 aromatic heterocycles. The predicted octanol–water partition coefficient (Wildman–Crippen LogP) is 8.20. The Morgan fingerprint density at radius 3 is 2.16 bits per heavy atom. The van der Waals surface area contributed by atoms with Crippen LogP contribution in [0, 0.1) is 35.5 Å². The molecule has 2 bridgehead atoms. The average Bonchev–Trinajstić information content (AvgIpc) is 3.42. The molecule has 0 spiro atoms. The van der Waals surface area contributed by atoms with E-state index in [0.717, 1.165) is 12.0 Å². The Morgan fingerprint density at radius 1 is 0.797 bits per heavy atom. The molecular formula is C60H96NO17P. The first-order valence-electron chi connectivity index (χ1n) is 28.9. The fourth-order valence-electron chi connectivity index (χ4n) is 11.7. The zero-order chi connectivity index (χ0) is 58.0. The van der Waals surface area contributed by atoms with Crippen molar-refractivity contribution in [1.82, 2.24) is 4.90 Å². The number of piperidine rings is 1. The molecular weight excluding hydrogens is 1040 g/mol. The largest absolute Gasteiger partial charge is 0.460 e. The SMILES string of the molecule is CO[C@@H]1/C(C)=C/[C@@H](C)C(=O)C[C@@H]([C@H](C)C[C@@H]2CC[C@@H](OP(C)(C)=O)[C@H](OC)C2)OC(=O)[C@@H]2CCCCN2C(=O)C(=O)[C@]2(O)O[C@@H](CC[C@H]2C)CC(OCCOCCOC2COC2)/C(C)=C/C=C/C=C/[C@@H](C)C[C@@H](C)C(=O)[C@@H]1OC. The standard InChI is InChI=1S/C60H96NO17P/c1-38-18-14-13-15-19-39(2)51(75-29-27-72-26-28-74-47-36-73-37-47)34-46-23-21-44(7)60(67,77-46)57(64)58(65)61-25-17-16-20-48(61)59(66)76-52(41(4)32-45-22-24-50(53(33-45)69-8)78-79(11,12)68)35-49(62)40(3)31-43(6)55(70-9)56(71-10)54(63)42(5)30-38/h13-15,18-19,31,38,40-42,44-48,50-53,55-56,67H,16-17,20-30,32-37H2,1-12H3/b15-13+,18-14+,39-19+,43-31+/t38-,40-,41-,42-,44-,45+,46+,48+,50-,51?,52+,53-,55-,56+,60-/m1/s1. The first kappa shape index (κ1) is 66.5. The molecule has 5 aliphatic rings. The van der Waals surface area contributed by atoms with Crippen LogP contribution in [0.25, 0.3) is 0 Å². The lowest BCUT2D eigenvalue weighted by molar-refractivity contribution is -0.266. The molecule has 5 rings (SSSR count). The van der Waals surface area contributed by atoms with Crippen LogP contribution in [0.4, 0.5) is 0 Å². The highest BCUT2D eigenvalue weighted by Gasteiger charge is 2.53. The minimum absolute atomic E-state index is 0.0216. The van der Waals surface area contributed by atoms with Gasteiger partial charge >= 0.3 is 5.97 Å². The minimum atomic E-state index is -2.80. The Bertz CT molecular complexity index is 2170. The summed E-state index contributed by atoms with van der Waals surface area (Å²) in [6.45, 7) is 18.8. The fraction of sp³-hybridized carbons (Fsp3) is 0.783. The average molecular weight is 1130 g/mol. The molecule has 0 aromatic rings. The Hall–Kier alpha value is -3.26. The number of ether oxygens (including phenoxy) is 9. The first-order chi connectivity index (χ1) is 37.5. The van der Waals surface area contributed by atoms with E-state index in [2.05, 4.69) is 0 Å². The van der Waals surface area contributed by atoms with Crippen molar-refractivity contribution in [2.45, 2.75) is 186 Å². The number of hydrogen-bond acceptors (Lipinski definition) is 17. The van der Waals surface area contributed by atoms with E-state index < -0.39 is 85.1 Å². The number of hydrogen-bond donors (Lipinski definition) is 1. The second-order valence-corrected chi connectivity index (χ2v) is 26.1. The van der Waals surface area contributed by atoms with Crippen molar-refractivity contribution in [3.8, 4) is 0 Å². The third-order valence-electron chi connectivity index (χ3n) is 16.5. The molecule has 4 heterocycles. The van der Waals surface area contributed by atoms with E-state index in [4.69, 9.17) is 47.2 Å². The Kier molecular flexibility index (Phi) is 26.9. The van der Waals surface area contributed by atoms with Gasteiger partial charge < -0.3 is 57.2 Å². The highest BCUT2D eigenvalue weighted by molar-refractivity contribution is 7.57. The fourth-order valence-corrected chi connectivity index (χ4v) is 12.6. The van der Waals surface area contributed by atoms with Crippen molar-refractivity contribution in [3.63, 3.8) is 0 Å². The van der Waals surface area contributed by atoms with Crippen LogP contribution in [0.1, 0.15) is 126 Å². The molecule has 1 unspecified atom stereocenters. The molecule has 18 nitrogen and oxygen atoms in total. The van der Waals surface area contributed by atoms with E-state index in [1.54, 1.807) is 47.3 Å². The van der Waals surface area contributed by atoms with Crippen LogP contribution in [0.15, 0.2) is 47.6 Å². The highest BCUT2D eigenvalue weighted by atomic mass is 31.2. The van der Waals surface area contributed by atoms with Gasteiger partial charge in [-0.1, -0.05) is 71.1 Å². The predicted molar refractivity (Wildman–Crippen MR) is 299 cm³/mol. The molecule has 1 saturated carbocycles. The summed E-state index contributed by atoms with van der Waals surface area (Å²) in [7, 11) is 1.79. The van der Waals surface area contributed by atoms with Gasteiger partial charge in [0.2, 0.25) is 5.79 Å². The number of methoxy groups -OCH3 is 3. The number of carbonyl (C=O) groups excluding carboxylic acids is 5. The zero-order valence-electron chi connectivity index (χ0n) is 49.4. The molecule has 0 radical (unpaired) electrons. The smallest absolute Gasteiger partial charge is 0.329 e. The number of fused-ring (bicyclic) bond motifs is 3. The number of amides is 1. The molecule has 0 aromatic carbocycles. The maximum Gasteiger partial charge on any atom is 0.329 e. The Balaban J connectivity index is 1.45. The van der Waals surface area contributed by atoms with E-state index in [-0.39, 0.29) is 80.0 Å². The maximum absolute atomic E-state index is 14.7. The van der Waals surface area contributed by atoms with Gasteiger partial charge in [0, 0.05) is 71.8 Å². The number of cyclic esters (lactones) is 1. The van der Waals surface area contributed by atoms with Crippen molar-refractivity contribution in [2.24, 2.45) is 35.5 Å². The molecule has 15 atom stereocenters. The van der Waals surface area contributed by atoms with Gasteiger partial charge in [0.25, 0.3) is 11.7 Å². The second-order valence-electron chi connectivity index (χ2n) is 23.4. The summed E-state index contributed by atoms with van der Waals surface area (Å²) >= 11 is 0. The molecule has 4 aliphatic heterocycles. The van der Waals surface area contributed by atoms with Crippen LogP contribution in [0.5, 0.6) is 0 Å². The summed E-state index contributed by atoms with van der Waals surface area (Å²) in [6.07, 6.45) is 12.3. The number of aliphatic hydroxyl groups is 1. The quantitative estimate of drug-likeness (QED) is 0.0506. The van der Waals surface area contributed by atoms with E-state index in [1.807, 2.05) is 58.1 Å². The monoisotopic (exact) mass is 1130 g/mol. The van der Waals surface area contributed by atoms with Crippen LogP contribution in [-0.2, 0) is 75.7 Å². The van der Waals surface area contributed by atoms with Crippen LogP contribution < -0.4 is 0 Å². The van der Waals surface area contributed by atoms with E-state index in [9.17, 15) is 33.6 Å². The lowest BCUT2D eigenvalue weighted by Gasteiger charge is -2.43. The topological polar surface area (TPSA) is 218 Å². The van der Waals surface area contributed by atoms with Crippen molar-refractivity contribution < 1.29 is 80.8 Å². The van der Waals surface area contributed by atoms with E-state index in [1.165, 1.54) is 19.1 Å². The van der Waals surface area contributed by atoms with Crippen molar-refractivity contribution in [2.75, 3.05) is 80.8 Å². The maximum atomic E-state index is 14.7. The summed E-state index contributed by atoms with van der Waals surface area (Å²) in [5.74, 6) is -7.86. The van der Waals surface area contributed by atoms with Gasteiger partial charge in [-0.15, -0.1) is 0 Å². The Morgan fingerprint density at radius 2 is 1.51 bits per heavy atom. The van der Waals surface area contributed by atoms with Crippen LogP contribution in [0.2, 0.25) is 0 Å². The molecule has 448 valence electrons. The van der Waals surface area contributed by atoms with Gasteiger partial charge in [0.15, 0.2) is 13.2 Å². The highest BCUT2D eigenvalue weighted by Crippen LogP contribution is 2.45. The molecule has 3 saturated heterocycles. The number of allylic oxidation sites excluding steroid dienone is 6. The normalized spacial score (nSPS) is 36.7. The van der Waals surface area contributed by atoms with E-state index >= 15 is 0 Å². The zero-order valence-corrected chi connectivity index (χ0v) is 50.3. The van der Waals surface area contributed by atoms with Gasteiger partial charge in [0.05, 0.1) is 64.1 Å². The third kappa shape index (κ3) is 19.7. The first-order valence-corrected chi connectivity index (χ1v) is 31.4. The van der Waals surface area contributed by atoms with Gasteiger partial charge in [0.1, 0.15) is 36.2 Å². The number of esters is 1. The van der Waals surface area contributed by atoms with Gasteiger partial charge in [-0.05, 0) is 107 Å². The summed E-state index contributed by atoms with van der Waals surface area (Å²) < 4.78 is 72.1. The molecule has 1 N–H and O–H groups in total. The number of ketones is 3. The number of nitrogens with zero attached hydrogens (tertiary/aromatic N) is 1. The van der Waals surface area contributed by atoms with Gasteiger partial charge in [-0.25, -0.2) is 4.79 Å². The van der Waals surface area contributed by atoms with Gasteiger partial charge in [-0.3, -0.25) is 23.7 Å². The van der Waals surface area contributed by atoms with Crippen molar-refractivity contribution in [3.05, 3.63) is 47.6 Å². The summed E-state index contributed by atoms with van der Waals surface area (Å²) in [5.41, 5.74) is 1.48. The third-order valence-corrected chi connectivity index (χ3v) is 17.3. The Labute approximate surface area is 470 Å². The number of rotatable bonds is 16. The lowest BCUT2D eigenvalue weighted by atomic mass is 9.78. The summed E-state index contributed by atoms with van der Waals surface area (Å²) in [4.78, 5) is 73.6. The van der Waals surface area contributed by atoms with Crippen LogP contribution >= 0.6 is 7.37 Å². The minimum Gasteiger partial charge on any atom is -0.460 e. The van der Waals surface area contributed by atoms with Crippen LogP contribution in [0.3, 0.4) is 0 Å². The molecule has 1 aliphatic carbocycles. The number of carbonyl (C=O) groups is 5. The van der Waals surface area contributed by atoms with E-state index in [0.29, 0.717) is 90.0 Å². The summed E-state index contributed by atoms with van der Waals surface area (Å²) in [5, 5.41) is 12.3.